The Kier molecular flexibility index (Phi) is 14.0. The third-order valence-corrected chi connectivity index (χ3v) is 7.09. The normalized spacial score (nSPS) is 11.0. The maximum Gasteiger partial charge on any atom is 0.343 e. The van der Waals surface area contributed by atoms with E-state index in [0.717, 1.165) is 30.0 Å². The monoisotopic (exact) mass is 589 g/mol. The average Bonchev–Trinajstić information content (AvgIpc) is 3.03. The third kappa shape index (κ3) is 10.7. The van der Waals surface area contributed by atoms with E-state index >= 15 is 0 Å². The second-order valence-corrected chi connectivity index (χ2v) is 10.3. The molecule has 0 radical (unpaired) electrons. The van der Waals surface area contributed by atoms with Crippen LogP contribution < -0.4 is 25.0 Å². The van der Waals surface area contributed by atoms with Gasteiger partial charge in [-0.25, -0.2) is 10.2 Å². The third-order valence-electron chi connectivity index (χ3n) is 7.09. The lowest BCUT2D eigenvalue weighted by Gasteiger charge is -2.12. The molecule has 0 spiro atoms. The van der Waals surface area contributed by atoms with Crippen LogP contribution in [-0.2, 0) is 9.59 Å². The molecule has 2 N–H and O–H groups in total. The molecule has 0 aromatic heterocycles. The summed E-state index contributed by atoms with van der Waals surface area (Å²) in [4.78, 5) is 37.5. The molecule has 0 saturated heterocycles. The number of carbonyl (C=O) groups is 3. The van der Waals surface area contributed by atoms with Gasteiger partial charge in [0.15, 0.2) is 11.5 Å². The highest BCUT2D eigenvalue weighted by atomic mass is 16.5. The van der Waals surface area contributed by atoms with Gasteiger partial charge in [0, 0.05) is 12.0 Å². The Bertz CT molecular complexity index is 1390. The molecule has 0 unspecified atom stereocenters. The van der Waals surface area contributed by atoms with Gasteiger partial charge in [0.05, 0.1) is 32.5 Å². The minimum absolute atomic E-state index is 0.152. The van der Waals surface area contributed by atoms with Crippen molar-refractivity contribution in [1.82, 2.24) is 10.7 Å². The zero-order valence-electron chi connectivity index (χ0n) is 25.4. The summed E-state index contributed by atoms with van der Waals surface area (Å²) in [5, 5.41) is 8.42. The number of amides is 2. The number of methoxy groups -OCH3 is 2. The Morgan fingerprint density at radius 1 is 0.767 bits per heavy atom. The van der Waals surface area contributed by atoms with Gasteiger partial charge in [-0.1, -0.05) is 88.6 Å². The van der Waals surface area contributed by atoms with Crippen LogP contribution in [0, 0.1) is 0 Å². The zero-order chi connectivity index (χ0) is 30.9. The Hall–Kier alpha value is -4.40. The van der Waals surface area contributed by atoms with Gasteiger partial charge in [-0.2, -0.15) is 5.10 Å². The SMILES string of the molecule is CCCCCCCCCCCC(=O)NCC(=O)NN=Cc1c(OC(=O)c2ccc(OC)c(OC)c2)ccc2ccccc12. The number of esters is 1. The molecule has 9 heteroatoms. The van der Waals surface area contributed by atoms with Gasteiger partial charge in [0.1, 0.15) is 5.75 Å². The van der Waals surface area contributed by atoms with Crippen molar-refractivity contribution in [2.75, 3.05) is 20.8 Å². The molecule has 230 valence electrons. The molecule has 0 aliphatic carbocycles. The molecule has 43 heavy (non-hydrogen) atoms. The first-order valence-corrected chi connectivity index (χ1v) is 15.0. The molecule has 0 saturated carbocycles. The van der Waals surface area contributed by atoms with Gasteiger partial charge in [-0.3, -0.25) is 9.59 Å². The van der Waals surface area contributed by atoms with Crippen LogP contribution in [0.2, 0.25) is 0 Å². The number of hydrogen-bond acceptors (Lipinski definition) is 7. The maximum atomic E-state index is 13.0. The van der Waals surface area contributed by atoms with Gasteiger partial charge >= 0.3 is 5.97 Å². The minimum Gasteiger partial charge on any atom is -0.493 e. The van der Waals surface area contributed by atoms with E-state index in [1.807, 2.05) is 30.3 Å². The lowest BCUT2D eigenvalue weighted by molar-refractivity contribution is -0.126. The number of benzene rings is 3. The highest BCUT2D eigenvalue weighted by Gasteiger charge is 2.16. The van der Waals surface area contributed by atoms with Crippen LogP contribution in [0.5, 0.6) is 17.2 Å². The summed E-state index contributed by atoms with van der Waals surface area (Å²) in [7, 11) is 3.00. The van der Waals surface area contributed by atoms with Crippen molar-refractivity contribution in [3.8, 4) is 17.2 Å². The van der Waals surface area contributed by atoms with Crippen LogP contribution >= 0.6 is 0 Å². The number of carbonyl (C=O) groups excluding carboxylic acids is 3. The Balaban J connectivity index is 1.53. The molecular formula is C34H43N3O6. The molecule has 2 amide bonds. The van der Waals surface area contributed by atoms with E-state index in [2.05, 4.69) is 22.8 Å². The summed E-state index contributed by atoms with van der Waals surface area (Å²) in [5.41, 5.74) is 3.23. The van der Waals surface area contributed by atoms with Crippen LogP contribution in [0.25, 0.3) is 10.8 Å². The Labute approximate surface area is 254 Å². The molecule has 3 aromatic rings. The quantitative estimate of drug-likeness (QED) is 0.0571. The first kappa shape index (κ1) is 33.1. The largest absolute Gasteiger partial charge is 0.493 e. The van der Waals surface area contributed by atoms with Crippen molar-refractivity contribution >= 4 is 34.8 Å². The minimum atomic E-state index is -0.593. The fourth-order valence-electron chi connectivity index (χ4n) is 4.69. The maximum absolute atomic E-state index is 13.0. The summed E-state index contributed by atoms with van der Waals surface area (Å²) in [6.45, 7) is 2.04. The summed E-state index contributed by atoms with van der Waals surface area (Å²) >= 11 is 0. The van der Waals surface area contributed by atoms with E-state index in [1.165, 1.54) is 59.0 Å². The predicted octanol–water partition coefficient (Wildman–Crippen LogP) is 6.56. The number of nitrogens with zero attached hydrogens (tertiary/aromatic N) is 1. The fraction of sp³-hybridized carbons (Fsp3) is 0.412. The molecule has 0 bridgehead atoms. The number of nitrogens with one attached hydrogen (secondary N) is 2. The summed E-state index contributed by atoms with van der Waals surface area (Å²) in [6, 6.07) is 15.8. The predicted molar refractivity (Wildman–Crippen MR) is 169 cm³/mol. The summed E-state index contributed by atoms with van der Waals surface area (Å²) in [5.74, 6) is -0.0372. The van der Waals surface area contributed by atoms with Gasteiger partial charge < -0.3 is 19.5 Å². The molecule has 3 aromatic carbocycles. The first-order chi connectivity index (χ1) is 21.0. The molecule has 0 heterocycles. The van der Waals surface area contributed by atoms with E-state index in [-0.39, 0.29) is 23.8 Å². The van der Waals surface area contributed by atoms with E-state index in [1.54, 1.807) is 24.3 Å². The van der Waals surface area contributed by atoms with Crippen molar-refractivity contribution in [2.24, 2.45) is 5.10 Å². The Morgan fingerprint density at radius 3 is 2.16 bits per heavy atom. The van der Waals surface area contributed by atoms with Gasteiger partial charge in [0.25, 0.3) is 5.91 Å². The number of hydrazone groups is 1. The van der Waals surface area contributed by atoms with Crippen molar-refractivity contribution < 1.29 is 28.6 Å². The van der Waals surface area contributed by atoms with Crippen LogP contribution in [0.1, 0.15) is 87.1 Å². The fourth-order valence-corrected chi connectivity index (χ4v) is 4.69. The number of unbranched alkanes of at least 4 members (excludes halogenated alkanes) is 8. The number of rotatable bonds is 18. The van der Waals surface area contributed by atoms with Crippen molar-refractivity contribution in [1.29, 1.82) is 0 Å². The van der Waals surface area contributed by atoms with Gasteiger partial charge in [0.2, 0.25) is 5.91 Å². The molecule has 0 fully saturated rings. The van der Waals surface area contributed by atoms with E-state index in [4.69, 9.17) is 14.2 Å². The lowest BCUT2D eigenvalue weighted by Crippen LogP contribution is -2.34. The van der Waals surface area contributed by atoms with Crippen LogP contribution in [0.3, 0.4) is 0 Å². The lowest BCUT2D eigenvalue weighted by atomic mass is 10.0. The van der Waals surface area contributed by atoms with Gasteiger partial charge in [-0.05, 0) is 41.5 Å². The molecule has 0 aliphatic heterocycles. The summed E-state index contributed by atoms with van der Waals surface area (Å²) in [6.07, 6.45) is 12.4. The van der Waals surface area contributed by atoms with Crippen molar-refractivity contribution in [3.63, 3.8) is 0 Å². The second kappa shape index (κ2) is 18.2. The smallest absolute Gasteiger partial charge is 0.343 e. The molecule has 3 rings (SSSR count). The van der Waals surface area contributed by atoms with Gasteiger partial charge in [-0.15, -0.1) is 0 Å². The van der Waals surface area contributed by atoms with E-state index < -0.39 is 11.9 Å². The standard InChI is InChI=1S/C34H43N3O6/c1-4-5-6-7-8-9-10-11-12-17-32(38)35-24-33(39)37-36-23-28-27-16-14-13-15-25(27)18-20-29(28)43-34(40)26-19-21-30(41-2)31(22-26)42-3/h13-16,18-23H,4-12,17,24H2,1-3H3,(H,35,38)(H,37,39). The molecule has 9 nitrogen and oxygen atoms in total. The van der Waals surface area contributed by atoms with E-state index in [9.17, 15) is 14.4 Å². The van der Waals surface area contributed by atoms with Crippen LogP contribution in [0.4, 0.5) is 0 Å². The average molecular weight is 590 g/mol. The first-order valence-electron chi connectivity index (χ1n) is 15.0. The van der Waals surface area contributed by atoms with Crippen molar-refractivity contribution in [2.45, 2.75) is 71.1 Å². The highest BCUT2D eigenvalue weighted by Crippen LogP contribution is 2.30. The van der Waals surface area contributed by atoms with Crippen molar-refractivity contribution in [3.05, 3.63) is 65.7 Å². The number of ether oxygens (including phenoxy) is 3. The Morgan fingerprint density at radius 2 is 1.44 bits per heavy atom. The molecular weight excluding hydrogens is 546 g/mol. The highest BCUT2D eigenvalue weighted by molar-refractivity contribution is 6.04. The zero-order valence-corrected chi connectivity index (χ0v) is 25.4. The topological polar surface area (TPSA) is 115 Å². The van der Waals surface area contributed by atoms with Crippen LogP contribution in [0.15, 0.2) is 59.7 Å². The van der Waals surface area contributed by atoms with Crippen LogP contribution in [-0.4, -0.2) is 44.8 Å². The number of hydrogen-bond donors (Lipinski definition) is 2. The number of fused-ring (bicyclic) bond motifs is 1. The second-order valence-electron chi connectivity index (χ2n) is 10.3. The molecule has 0 aliphatic rings. The molecule has 0 atom stereocenters. The van der Waals surface area contributed by atoms with E-state index in [0.29, 0.717) is 23.5 Å². The summed E-state index contributed by atoms with van der Waals surface area (Å²) < 4.78 is 16.3.